The highest BCUT2D eigenvalue weighted by molar-refractivity contribution is 7.22. The summed E-state index contributed by atoms with van der Waals surface area (Å²) in [4.78, 5) is 21.5. The van der Waals surface area contributed by atoms with Crippen molar-refractivity contribution in [3.05, 3.63) is 42.2 Å². The Balaban J connectivity index is 1.93. The van der Waals surface area contributed by atoms with E-state index in [1.54, 1.807) is 15.6 Å². The van der Waals surface area contributed by atoms with Gasteiger partial charge in [0.2, 0.25) is 0 Å². The van der Waals surface area contributed by atoms with Gasteiger partial charge in [-0.3, -0.25) is 14.4 Å². The lowest BCUT2D eigenvalue weighted by Crippen LogP contribution is -2.37. The fourth-order valence-electron chi connectivity index (χ4n) is 2.44. The van der Waals surface area contributed by atoms with Crippen LogP contribution < -0.4 is 4.90 Å². The maximum absolute atomic E-state index is 13.1. The number of hydrogen-bond acceptors (Lipinski definition) is 5. The van der Waals surface area contributed by atoms with Crippen molar-refractivity contribution in [3.8, 4) is 0 Å². The lowest BCUT2D eigenvalue weighted by Gasteiger charge is -2.21. The Hall–Kier alpha value is -2.25. The molecule has 1 amide bonds. The van der Waals surface area contributed by atoms with Crippen LogP contribution in [0.5, 0.6) is 0 Å². The first kappa shape index (κ1) is 17.6. The van der Waals surface area contributed by atoms with Gasteiger partial charge in [-0.05, 0) is 46.1 Å². The van der Waals surface area contributed by atoms with Crippen LogP contribution in [0.4, 0.5) is 5.13 Å². The van der Waals surface area contributed by atoms with E-state index in [0.717, 1.165) is 16.8 Å². The molecule has 132 valence electrons. The Labute approximate surface area is 151 Å². The Bertz CT molecular complexity index is 834. The first-order valence-electron chi connectivity index (χ1n) is 8.33. The predicted octanol–water partition coefficient (Wildman–Crippen LogP) is 3.28. The molecular formula is C18H23N5OS. The van der Waals surface area contributed by atoms with Crippen LogP contribution in [0.15, 0.2) is 36.5 Å². The zero-order chi connectivity index (χ0) is 18.0. The summed E-state index contributed by atoms with van der Waals surface area (Å²) in [6.45, 7) is 5.41. The number of hydrogen-bond donors (Lipinski definition) is 0. The van der Waals surface area contributed by atoms with Gasteiger partial charge in [0.15, 0.2) is 10.8 Å². The zero-order valence-electron chi connectivity index (χ0n) is 15.0. The first-order valence-corrected chi connectivity index (χ1v) is 9.14. The van der Waals surface area contributed by atoms with E-state index >= 15 is 0 Å². The van der Waals surface area contributed by atoms with Crippen LogP contribution in [0.1, 0.15) is 30.4 Å². The highest BCUT2D eigenvalue weighted by Gasteiger charge is 2.23. The highest BCUT2D eigenvalue weighted by atomic mass is 32.1. The monoisotopic (exact) mass is 357 g/mol. The minimum absolute atomic E-state index is 0.111. The number of rotatable bonds is 6. The van der Waals surface area contributed by atoms with Gasteiger partial charge >= 0.3 is 0 Å². The summed E-state index contributed by atoms with van der Waals surface area (Å²) in [5.41, 5.74) is 1.37. The smallest absolute Gasteiger partial charge is 0.280 e. The lowest BCUT2D eigenvalue weighted by atomic mass is 10.3. The second kappa shape index (κ2) is 7.33. The van der Waals surface area contributed by atoms with E-state index in [1.165, 1.54) is 11.3 Å². The number of carbonyl (C=O) groups is 1. The number of nitrogens with zero attached hydrogens (tertiary/aromatic N) is 5. The van der Waals surface area contributed by atoms with Gasteiger partial charge in [0.25, 0.3) is 5.91 Å². The molecule has 0 bridgehead atoms. The van der Waals surface area contributed by atoms with E-state index in [9.17, 15) is 4.79 Å². The van der Waals surface area contributed by atoms with Gasteiger partial charge in [0.05, 0.1) is 10.2 Å². The summed E-state index contributed by atoms with van der Waals surface area (Å²) in [7, 11) is 3.99. The van der Waals surface area contributed by atoms with Crippen molar-refractivity contribution >= 4 is 32.6 Å². The first-order chi connectivity index (χ1) is 12.0. The molecule has 0 N–H and O–H groups in total. The predicted molar refractivity (Wildman–Crippen MR) is 102 cm³/mol. The quantitative estimate of drug-likeness (QED) is 0.679. The van der Waals surface area contributed by atoms with Crippen molar-refractivity contribution in [1.29, 1.82) is 0 Å². The third-order valence-corrected chi connectivity index (χ3v) is 4.95. The number of carbonyl (C=O) groups excluding carboxylic acids is 1. The van der Waals surface area contributed by atoms with Crippen molar-refractivity contribution in [2.75, 3.05) is 32.1 Å². The van der Waals surface area contributed by atoms with E-state index in [4.69, 9.17) is 0 Å². The molecule has 25 heavy (non-hydrogen) atoms. The molecule has 3 rings (SSSR count). The molecule has 0 fully saturated rings. The topological polar surface area (TPSA) is 54.3 Å². The molecule has 0 saturated heterocycles. The second-order valence-electron chi connectivity index (χ2n) is 6.50. The minimum Gasteiger partial charge on any atom is -0.308 e. The van der Waals surface area contributed by atoms with Gasteiger partial charge in [-0.25, -0.2) is 4.98 Å². The molecular weight excluding hydrogens is 334 g/mol. The number of thiazole rings is 1. The maximum atomic E-state index is 13.1. The van der Waals surface area contributed by atoms with Gasteiger partial charge in [-0.2, -0.15) is 5.10 Å². The van der Waals surface area contributed by atoms with Crippen molar-refractivity contribution in [1.82, 2.24) is 19.7 Å². The molecule has 2 aromatic heterocycles. The number of anilines is 1. The fraction of sp³-hybridized carbons (Fsp3) is 0.389. The molecule has 0 aliphatic rings. The average molecular weight is 357 g/mol. The third kappa shape index (κ3) is 3.88. The average Bonchev–Trinajstić information content (AvgIpc) is 3.21. The maximum Gasteiger partial charge on any atom is 0.280 e. The zero-order valence-corrected chi connectivity index (χ0v) is 15.8. The molecule has 2 heterocycles. The van der Waals surface area contributed by atoms with Gasteiger partial charge in [0, 0.05) is 25.3 Å². The highest BCUT2D eigenvalue weighted by Crippen LogP contribution is 2.29. The van der Waals surface area contributed by atoms with Crippen LogP contribution in [-0.2, 0) is 0 Å². The molecule has 0 saturated carbocycles. The molecule has 0 radical (unpaired) electrons. The summed E-state index contributed by atoms with van der Waals surface area (Å²) in [6, 6.07) is 9.94. The lowest BCUT2D eigenvalue weighted by molar-refractivity contribution is 0.0979. The van der Waals surface area contributed by atoms with Crippen molar-refractivity contribution in [3.63, 3.8) is 0 Å². The normalized spacial score (nSPS) is 11.6. The number of fused-ring (bicyclic) bond motifs is 1. The van der Waals surface area contributed by atoms with E-state index < -0.39 is 0 Å². The van der Waals surface area contributed by atoms with Crippen LogP contribution in [0.2, 0.25) is 0 Å². The number of para-hydroxylation sites is 1. The minimum atomic E-state index is -0.111. The Kier molecular flexibility index (Phi) is 5.15. The molecule has 0 aliphatic carbocycles. The Morgan fingerprint density at radius 3 is 2.60 bits per heavy atom. The summed E-state index contributed by atoms with van der Waals surface area (Å²) in [6.07, 6.45) is 1.85. The van der Waals surface area contributed by atoms with Crippen molar-refractivity contribution < 1.29 is 4.79 Å². The Morgan fingerprint density at radius 1 is 1.20 bits per heavy atom. The molecule has 0 spiro atoms. The second-order valence-corrected chi connectivity index (χ2v) is 7.51. The number of aromatic nitrogens is 3. The van der Waals surface area contributed by atoms with Crippen LogP contribution in [-0.4, -0.2) is 52.8 Å². The van der Waals surface area contributed by atoms with Gasteiger partial charge in [-0.1, -0.05) is 23.5 Å². The van der Waals surface area contributed by atoms with E-state index in [-0.39, 0.29) is 11.9 Å². The molecule has 1 aromatic carbocycles. The van der Waals surface area contributed by atoms with Crippen LogP contribution in [0.25, 0.3) is 10.2 Å². The van der Waals surface area contributed by atoms with E-state index in [0.29, 0.717) is 17.4 Å². The summed E-state index contributed by atoms with van der Waals surface area (Å²) < 4.78 is 2.88. The SMILES string of the molecule is CC(C)n1ccc(C(=O)N(CCN(C)C)c2nc3ccccc3s2)n1. The summed E-state index contributed by atoms with van der Waals surface area (Å²) in [5.74, 6) is -0.111. The summed E-state index contributed by atoms with van der Waals surface area (Å²) >= 11 is 1.53. The van der Waals surface area contributed by atoms with E-state index in [1.807, 2.05) is 58.4 Å². The van der Waals surface area contributed by atoms with Crippen LogP contribution >= 0.6 is 11.3 Å². The number of likely N-dealkylation sites (N-methyl/N-ethyl adjacent to an activating group) is 1. The van der Waals surface area contributed by atoms with Crippen LogP contribution in [0.3, 0.4) is 0 Å². The number of amides is 1. The molecule has 6 nitrogen and oxygen atoms in total. The number of benzene rings is 1. The van der Waals surface area contributed by atoms with Crippen molar-refractivity contribution in [2.45, 2.75) is 19.9 Å². The molecule has 7 heteroatoms. The molecule has 0 unspecified atom stereocenters. The van der Waals surface area contributed by atoms with Gasteiger partial charge in [-0.15, -0.1) is 0 Å². The van der Waals surface area contributed by atoms with Gasteiger partial charge in [0.1, 0.15) is 0 Å². The molecule has 0 atom stereocenters. The summed E-state index contributed by atoms with van der Waals surface area (Å²) in [5, 5.41) is 5.14. The molecule has 0 aliphatic heterocycles. The molecule has 3 aromatic rings. The van der Waals surface area contributed by atoms with Crippen molar-refractivity contribution in [2.24, 2.45) is 0 Å². The standard InChI is InChI=1S/C18H23N5OS/c1-13(2)23-10-9-15(20-23)17(24)22(12-11-21(3)4)18-19-14-7-5-6-8-16(14)25-18/h5-10,13H,11-12H2,1-4H3. The largest absolute Gasteiger partial charge is 0.308 e. The van der Waals surface area contributed by atoms with E-state index in [2.05, 4.69) is 15.0 Å². The van der Waals surface area contributed by atoms with Crippen LogP contribution in [0, 0.1) is 0 Å². The van der Waals surface area contributed by atoms with Gasteiger partial charge < -0.3 is 4.90 Å². The Morgan fingerprint density at radius 2 is 1.96 bits per heavy atom. The fourth-order valence-corrected chi connectivity index (χ4v) is 3.43. The third-order valence-electron chi connectivity index (χ3n) is 3.89.